The van der Waals surface area contributed by atoms with Gasteiger partial charge in [0.05, 0.1) is 0 Å². The van der Waals surface area contributed by atoms with Gasteiger partial charge in [0.15, 0.2) is 0 Å². The first-order valence-corrected chi connectivity index (χ1v) is 6.33. The van der Waals surface area contributed by atoms with Crippen LogP contribution in [0.3, 0.4) is 0 Å². The zero-order valence-electron chi connectivity index (χ0n) is 10.9. The molecule has 16 heavy (non-hydrogen) atoms. The summed E-state index contributed by atoms with van der Waals surface area (Å²) < 4.78 is 0. The fraction of sp³-hybridized carbons (Fsp3) is 0.643. The molecule has 0 spiro atoms. The monoisotopic (exact) mass is 223 g/mol. The topological polar surface area (TPSA) is 29.1 Å². The van der Waals surface area contributed by atoms with Crippen LogP contribution in [0.15, 0.2) is 23.9 Å². The van der Waals surface area contributed by atoms with Gasteiger partial charge in [-0.2, -0.15) is 0 Å². The number of rotatable bonds is 8. The Balaban J connectivity index is 3.65. The van der Waals surface area contributed by atoms with E-state index in [0.29, 0.717) is 6.42 Å². The summed E-state index contributed by atoms with van der Waals surface area (Å²) in [5, 5.41) is 2.89. The minimum absolute atomic E-state index is 0.127. The fourth-order valence-electron chi connectivity index (χ4n) is 1.50. The van der Waals surface area contributed by atoms with E-state index in [-0.39, 0.29) is 5.91 Å². The number of amides is 1. The molecule has 1 amide bonds. The van der Waals surface area contributed by atoms with E-state index in [1.807, 2.05) is 32.1 Å². The molecule has 2 heteroatoms. The summed E-state index contributed by atoms with van der Waals surface area (Å²) in [5.41, 5.74) is 0.890. The Bertz CT molecular complexity index is 241. The first-order valence-electron chi connectivity index (χ1n) is 6.33. The van der Waals surface area contributed by atoms with Crippen LogP contribution >= 0.6 is 0 Å². The quantitative estimate of drug-likeness (QED) is 0.490. The standard InChI is InChI=1S/C14H25NO/c1-4-7-8-9-10-12-14(16)15-13(6-3)11-5-2/h5-6,11H,4,7-10,12H2,1-3H3,(H,15,16)/b11-5-,13-6+. The van der Waals surface area contributed by atoms with Crippen molar-refractivity contribution in [1.82, 2.24) is 5.32 Å². The Morgan fingerprint density at radius 2 is 1.81 bits per heavy atom. The van der Waals surface area contributed by atoms with Crippen LogP contribution in [0.4, 0.5) is 0 Å². The number of carbonyl (C=O) groups is 1. The zero-order valence-corrected chi connectivity index (χ0v) is 10.9. The van der Waals surface area contributed by atoms with Gasteiger partial charge in [0, 0.05) is 12.1 Å². The Hall–Kier alpha value is -1.05. The van der Waals surface area contributed by atoms with Crippen molar-refractivity contribution in [3.8, 4) is 0 Å². The molecule has 0 fully saturated rings. The van der Waals surface area contributed by atoms with Gasteiger partial charge >= 0.3 is 0 Å². The van der Waals surface area contributed by atoms with E-state index >= 15 is 0 Å². The molecule has 0 bridgehead atoms. The summed E-state index contributed by atoms with van der Waals surface area (Å²) in [5.74, 6) is 0.127. The van der Waals surface area contributed by atoms with Gasteiger partial charge in [-0.05, 0) is 26.3 Å². The van der Waals surface area contributed by atoms with E-state index in [4.69, 9.17) is 0 Å². The van der Waals surface area contributed by atoms with Crippen LogP contribution in [-0.4, -0.2) is 5.91 Å². The van der Waals surface area contributed by atoms with Crippen molar-refractivity contribution in [3.05, 3.63) is 23.9 Å². The third-order valence-corrected chi connectivity index (χ3v) is 2.45. The first kappa shape index (κ1) is 14.9. The number of hydrogen-bond donors (Lipinski definition) is 1. The second-order valence-corrected chi connectivity index (χ2v) is 3.96. The van der Waals surface area contributed by atoms with E-state index in [1.165, 1.54) is 19.3 Å². The van der Waals surface area contributed by atoms with E-state index < -0.39 is 0 Å². The second kappa shape index (κ2) is 10.5. The molecule has 0 aliphatic heterocycles. The maximum atomic E-state index is 11.5. The lowest BCUT2D eigenvalue weighted by Gasteiger charge is -2.05. The van der Waals surface area contributed by atoms with Crippen molar-refractivity contribution in [2.45, 2.75) is 59.3 Å². The van der Waals surface area contributed by atoms with Gasteiger partial charge in [-0.1, -0.05) is 44.8 Å². The lowest BCUT2D eigenvalue weighted by Crippen LogP contribution is -2.21. The third-order valence-electron chi connectivity index (χ3n) is 2.45. The second-order valence-electron chi connectivity index (χ2n) is 3.96. The number of unbranched alkanes of at least 4 members (excludes halogenated alkanes) is 4. The molecular weight excluding hydrogens is 198 g/mol. The normalized spacial score (nSPS) is 12.1. The summed E-state index contributed by atoms with van der Waals surface area (Å²) in [7, 11) is 0. The molecule has 0 aromatic rings. The number of carbonyl (C=O) groups excluding carboxylic acids is 1. The molecule has 1 N–H and O–H groups in total. The molecule has 0 aliphatic carbocycles. The average molecular weight is 223 g/mol. The maximum Gasteiger partial charge on any atom is 0.224 e. The van der Waals surface area contributed by atoms with Gasteiger partial charge in [-0.3, -0.25) is 4.79 Å². The molecule has 0 atom stereocenters. The molecule has 2 nitrogen and oxygen atoms in total. The molecule has 0 aromatic carbocycles. The van der Waals surface area contributed by atoms with Gasteiger partial charge in [0.1, 0.15) is 0 Å². The molecule has 0 rings (SSSR count). The van der Waals surface area contributed by atoms with Crippen LogP contribution in [0.5, 0.6) is 0 Å². The number of nitrogens with one attached hydrogen (secondary N) is 1. The highest BCUT2D eigenvalue weighted by atomic mass is 16.1. The molecule has 0 aromatic heterocycles. The summed E-state index contributed by atoms with van der Waals surface area (Å²) >= 11 is 0. The largest absolute Gasteiger partial charge is 0.326 e. The average Bonchev–Trinajstić information content (AvgIpc) is 2.28. The van der Waals surface area contributed by atoms with Crippen LogP contribution in [0.2, 0.25) is 0 Å². The fourth-order valence-corrected chi connectivity index (χ4v) is 1.50. The minimum atomic E-state index is 0.127. The Morgan fingerprint density at radius 3 is 2.38 bits per heavy atom. The third kappa shape index (κ3) is 8.27. The van der Waals surface area contributed by atoms with E-state index in [9.17, 15) is 4.79 Å². The van der Waals surface area contributed by atoms with E-state index in [0.717, 1.165) is 18.5 Å². The van der Waals surface area contributed by atoms with Crippen LogP contribution in [-0.2, 0) is 4.79 Å². The van der Waals surface area contributed by atoms with Gasteiger partial charge in [-0.15, -0.1) is 0 Å². The number of hydrogen-bond acceptors (Lipinski definition) is 1. The van der Waals surface area contributed by atoms with E-state index in [2.05, 4.69) is 12.2 Å². The molecule has 92 valence electrons. The molecule has 0 unspecified atom stereocenters. The molecular formula is C14H25NO. The Labute approximate surface area is 99.8 Å². The minimum Gasteiger partial charge on any atom is -0.326 e. The lowest BCUT2D eigenvalue weighted by molar-refractivity contribution is -0.120. The summed E-state index contributed by atoms with van der Waals surface area (Å²) in [6.07, 6.45) is 12.3. The molecule has 0 heterocycles. The van der Waals surface area contributed by atoms with Crippen molar-refractivity contribution in [2.75, 3.05) is 0 Å². The zero-order chi connectivity index (χ0) is 12.2. The van der Waals surface area contributed by atoms with Gasteiger partial charge in [-0.25, -0.2) is 0 Å². The smallest absolute Gasteiger partial charge is 0.224 e. The Morgan fingerprint density at radius 1 is 1.12 bits per heavy atom. The van der Waals surface area contributed by atoms with Crippen molar-refractivity contribution < 1.29 is 4.79 Å². The SMILES string of the molecule is C/C=C\C(=C/C)NC(=O)CCCCCCC. The lowest BCUT2D eigenvalue weighted by atomic mass is 10.1. The molecule has 0 radical (unpaired) electrons. The Kier molecular flexibility index (Phi) is 9.78. The predicted molar refractivity (Wildman–Crippen MR) is 70.1 cm³/mol. The molecule has 0 saturated heterocycles. The van der Waals surface area contributed by atoms with Crippen LogP contribution in [0, 0.1) is 0 Å². The predicted octanol–water partition coefficient (Wildman–Crippen LogP) is 3.94. The van der Waals surface area contributed by atoms with Crippen molar-refractivity contribution in [3.63, 3.8) is 0 Å². The first-order chi connectivity index (χ1) is 7.74. The van der Waals surface area contributed by atoms with Crippen LogP contribution < -0.4 is 5.32 Å². The van der Waals surface area contributed by atoms with Crippen LogP contribution in [0.1, 0.15) is 59.3 Å². The summed E-state index contributed by atoms with van der Waals surface area (Å²) in [6, 6.07) is 0. The maximum absolute atomic E-state index is 11.5. The van der Waals surface area contributed by atoms with Gasteiger partial charge in [0.25, 0.3) is 0 Å². The van der Waals surface area contributed by atoms with Crippen LogP contribution in [0.25, 0.3) is 0 Å². The highest BCUT2D eigenvalue weighted by Gasteiger charge is 2.01. The van der Waals surface area contributed by atoms with E-state index in [1.54, 1.807) is 0 Å². The highest BCUT2D eigenvalue weighted by Crippen LogP contribution is 2.05. The molecule has 0 saturated carbocycles. The van der Waals surface area contributed by atoms with Crippen molar-refractivity contribution in [2.24, 2.45) is 0 Å². The van der Waals surface area contributed by atoms with Gasteiger partial charge in [0.2, 0.25) is 5.91 Å². The summed E-state index contributed by atoms with van der Waals surface area (Å²) in [4.78, 5) is 11.5. The molecule has 0 aliphatic rings. The van der Waals surface area contributed by atoms with Crippen molar-refractivity contribution >= 4 is 5.91 Å². The summed E-state index contributed by atoms with van der Waals surface area (Å²) in [6.45, 7) is 6.07. The van der Waals surface area contributed by atoms with Crippen molar-refractivity contribution in [1.29, 1.82) is 0 Å². The van der Waals surface area contributed by atoms with Gasteiger partial charge < -0.3 is 5.32 Å². The number of allylic oxidation sites excluding steroid dienone is 3. The highest BCUT2D eigenvalue weighted by molar-refractivity contribution is 5.78.